The number of rotatable bonds is 6. The van der Waals surface area contributed by atoms with Crippen molar-refractivity contribution in [1.82, 2.24) is 0 Å². The minimum atomic E-state index is -3.86. The number of ether oxygens (including phenoxy) is 1. The number of hydrogen-bond donors (Lipinski definition) is 0. The highest BCUT2D eigenvalue weighted by atomic mass is 32.2. The summed E-state index contributed by atoms with van der Waals surface area (Å²) in [4.78, 5) is -0.438. The van der Waals surface area contributed by atoms with Crippen LogP contribution >= 0.6 is 0 Å². The Morgan fingerprint density at radius 2 is 1.43 bits per heavy atom. The third-order valence-corrected chi connectivity index (χ3v) is 6.13. The quantitative estimate of drug-likeness (QED) is 0.796. The maximum atomic E-state index is 12.4. The molecule has 0 radical (unpaired) electrons. The Balaban J connectivity index is 2.19. The SMILES string of the molecule is Cc1ccccc1COCS(=O)(=O)c1ccccc1S(C)(=O)=O. The Kier molecular flexibility index (Phi) is 5.23. The number of sulfone groups is 2. The molecule has 0 amide bonds. The summed E-state index contributed by atoms with van der Waals surface area (Å²) in [5.41, 5.74) is 1.89. The van der Waals surface area contributed by atoms with Crippen molar-refractivity contribution in [2.45, 2.75) is 23.3 Å². The monoisotopic (exact) mass is 354 g/mol. The minimum Gasteiger partial charge on any atom is -0.360 e. The van der Waals surface area contributed by atoms with E-state index in [9.17, 15) is 16.8 Å². The van der Waals surface area contributed by atoms with Crippen LogP contribution in [0.3, 0.4) is 0 Å². The summed E-state index contributed by atoms with van der Waals surface area (Å²) in [5.74, 6) is -0.576. The third-order valence-electron chi connectivity index (χ3n) is 3.34. The maximum absolute atomic E-state index is 12.4. The lowest BCUT2D eigenvalue weighted by atomic mass is 10.1. The van der Waals surface area contributed by atoms with Crippen LogP contribution in [0.4, 0.5) is 0 Å². The van der Waals surface area contributed by atoms with Gasteiger partial charge in [0.15, 0.2) is 15.8 Å². The molecule has 0 saturated carbocycles. The Morgan fingerprint density at radius 3 is 2.04 bits per heavy atom. The van der Waals surface area contributed by atoms with Gasteiger partial charge in [-0.25, -0.2) is 16.8 Å². The fraction of sp³-hybridized carbons (Fsp3) is 0.250. The van der Waals surface area contributed by atoms with Crippen LogP contribution in [0.5, 0.6) is 0 Å². The zero-order chi connectivity index (χ0) is 17.1. The molecule has 0 N–H and O–H groups in total. The van der Waals surface area contributed by atoms with Crippen molar-refractivity contribution in [2.24, 2.45) is 0 Å². The highest BCUT2D eigenvalue weighted by Crippen LogP contribution is 2.22. The Morgan fingerprint density at radius 1 is 0.870 bits per heavy atom. The van der Waals surface area contributed by atoms with E-state index >= 15 is 0 Å². The van der Waals surface area contributed by atoms with Crippen molar-refractivity contribution >= 4 is 19.7 Å². The van der Waals surface area contributed by atoms with Crippen LogP contribution < -0.4 is 0 Å². The van der Waals surface area contributed by atoms with E-state index in [2.05, 4.69) is 0 Å². The molecule has 0 aliphatic rings. The van der Waals surface area contributed by atoms with Gasteiger partial charge in [0, 0.05) is 6.26 Å². The molecule has 0 unspecified atom stereocenters. The van der Waals surface area contributed by atoms with E-state index in [0.29, 0.717) is 0 Å². The zero-order valence-electron chi connectivity index (χ0n) is 12.9. The van der Waals surface area contributed by atoms with E-state index in [0.717, 1.165) is 17.4 Å². The first-order chi connectivity index (χ1) is 10.7. The molecule has 0 aliphatic heterocycles. The molecule has 2 aromatic rings. The molecule has 0 spiro atoms. The van der Waals surface area contributed by atoms with E-state index in [4.69, 9.17) is 4.74 Å². The molecule has 0 aliphatic carbocycles. The van der Waals surface area contributed by atoms with Crippen molar-refractivity contribution in [3.63, 3.8) is 0 Å². The molecule has 0 fully saturated rings. The van der Waals surface area contributed by atoms with Crippen molar-refractivity contribution in [3.8, 4) is 0 Å². The van der Waals surface area contributed by atoms with Crippen LogP contribution in [0.2, 0.25) is 0 Å². The Bertz CT molecular complexity index is 900. The van der Waals surface area contributed by atoms with Gasteiger partial charge in [0.05, 0.1) is 16.4 Å². The second kappa shape index (κ2) is 6.82. The summed E-state index contributed by atoms with van der Waals surface area (Å²) in [5, 5.41) is 0. The maximum Gasteiger partial charge on any atom is 0.203 e. The summed E-state index contributed by atoms with van der Waals surface area (Å²) in [7, 11) is -7.49. The first-order valence-electron chi connectivity index (χ1n) is 6.86. The summed E-state index contributed by atoms with van der Waals surface area (Å²) in [6.45, 7) is 2.05. The van der Waals surface area contributed by atoms with Gasteiger partial charge in [-0.1, -0.05) is 36.4 Å². The van der Waals surface area contributed by atoms with Crippen LogP contribution in [-0.4, -0.2) is 29.0 Å². The molecule has 2 rings (SSSR count). The number of hydrogen-bond acceptors (Lipinski definition) is 5. The number of benzene rings is 2. The van der Waals surface area contributed by atoms with E-state index in [1.165, 1.54) is 24.3 Å². The van der Waals surface area contributed by atoms with Gasteiger partial charge in [-0.2, -0.15) is 0 Å². The van der Waals surface area contributed by atoms with Gasteiger partial charge in [-0.15, -0.1) is 0 Å². The van der Waals surface area contributed by atoms with Crippen LogP contribution in [0.15, 0.2) is 58.3 Å². The first kappa shape index (κ1) is 17.7. The minimum absolute atomic E-state index is 0.146. The number of aryl methyl sites for hydroxylation is 1. The average Bonchev–Trinajstić information content (AvgIpc) is 2.48. The van der Waals surface area contributed by atoms with Gasteiger partial charge < -0.3 is 4.74 Å². The van der Waals surface area contributed by atoms with Gasteiger partial charge in [-0.3, -0.25) is 0 Å². The standard InChI is InChI=1S/C16H18O5S2/c1-13-7-3-4-8-14(13)11-21-12-23(19,20)16-10-6-5-9-15(16)22(2,17)18/h3-10H,11-12H2,1-2H3. The molecule has 23 heavy (non-hydrogen) atoms. The summed E-state index contributed by atoms with van der Waals surface area (Å²) in [6, 6.07) is 13.0. The fourth-order valence-electron chi connectivity index (χ4n) is 2.11. The van der Waals surface area contributed by atoms with Crippen molar-refractivity contribution < 1.29 is 21.6 Å². The van der Waals surface area contributed by atoms with Gasteiger partial charge >= 0.3 is 0 Å². The summed E-state index contributed by atoms with van der Waals surface area (Å²) >= 11 is 0. The lowest BCUT2D eigenvalue weighted by Crippen LogP contribution is -2.14. The first-order valence-corrected chi connectivity index (χ1v) is 10.4. The van der Waals surface area contributed by atoms with Gasteiger partial charge in [-0.05, 0) is 30.2 Å². The largest absolute Gasteiger partial charge is 0.360 e. The highest BCUT2D eigenvalue weighted by molar-refractivity contribution is 7.94. The molecule has 124 valence electrons. The molecule has 0 heterocycles. The van der Waals surface area contributed by atoms with Crippen molar-refractivity contribution in [3.05, 3.63) is 59.7 Å². The third kappa shape index (κ3) is 4.40. The van der Waals surface area contributed by atoms with E-state index in [-0.39, 0.29) is 16.4 Å². The lowest BCUT2D eigenvalue weighted by molar-refractivity contribution is 0.162. The van der Waals surface area contributed by atoms with Gasteiger partial charge in [0.1, 0.15) is 0 Å². The van der Waals surface area contributed by atoms with Gasteiger partial charge in [0.25, 0.3) is 0 Å². The highest BCUT2D eigenvalue weighted by Gasteiger charge is 2.23. The van der Waals surface area contributed by atoms with Gasteiger partial charge in [0.2, 0.25) is 9.84 Å². The molecule has 7 heteroatoms. The lowest BCUT2D eigenvalue weighted by Gasteiger charge is -2.10. The van der Waals surface area contributed by atoms with Crippen molar-refractivity contribution in [1.29, 1.82) is 0 Å². The molecule has 5 nitrogen and oxygen atoms in total. The zero-order valence-corrected chi connectivity index (χ0v) is 14.5. The smallest absolute Gasteiger partial charge is 0.203 e. The van der Waals surface area contributed by atoms with Crippen LogP contribution in [0, 0.1) is 6.92 Å². The van der Waals surface area contributed by atoms with Crippen LogP contribution in [0.25, 0.3) is 0 Å². The Hall–Kier alpha value is -1.70. The molecule has 0 aromatic heterocycles. The van der Waals surface area contributed by atoms with Crippen LogP contribution in [0.1, 0.15) is 11.1 Å². The average molecular weight is 354 g/mol. The normalized spacial score (nSPS) is 12.3. The van der Waals surface area contributed by atoms with Crippen molar-refractivity contribution in [2.75, 3.05) is 12.2 Å². The Labute approximate surface area is 136 Å². The topological polar surface area (TPSA) is 77.5 Å². The van der Waals surface area contributed by atoms with E-state index < -0.39 is 25.6 Å². The molecule has 0 atom stereocenters. The summed E-state index contributed by atoms with van der Waals surface area (Å²) in [6.07, 6.45) is 0.982. The fourth-order valence-corrected chi connectivity index (χ4v) is 4.79. The predicted octanol–water partition coefficient (Wildman–Crippen LogP) is 2.35. The second-order valence-corrected chi connectivity index (χ2v) is 9.12. The second-order valence-electron chi connectivity index (χ2n) is 5.23. The molecule has 0 saturated heterocycles. The van der Waals surface area contributed by atoms with E-state index in [1.54, 1.807) is 0 Å². The van der Waals surface area contributed by atoms with Crippen LogP contribution in [-0.2, 0) is 31.0 Å². The van der Waals surface area contributed by atoms with E-state index in [1.807, 2.05) is 31.2 Å². The molecular formula is C16H18O5S2. The molecular weight excluding hydrogens is 336 g/mol. The summed E-state index contributed by atoms with van der Waals surface area (Å²) < 4.78 is 53.5. The molecule has 2 aromatic carbocycles. The predicted molar refractivity (Wildman–Crippen MR) is 87.6 cm³/mol. The molecule has 0 bridgehead atoms.